The highest BCUT2D eigenvalue weighted by Crippen LogP contribution is 2.22. The molecule has 0 unspecified atom stereocenters. The van der Waals surface area contributed by atoms with Crippen molar-refractivity contribution in [2.24, 2.45) is 0 Å². The lowest BCUT2D eigenvalue weighted by Crippen LogP contribution is -2.34. The highest BCUT2D eigenvalue weighted by atomic mass is 35.5. The van der Waals surface area contributed by atoms with E-state index in [0.29, 0.717) is 35.6 Å². The topological polar surface area (TPSA) is 47.4 Å². The van der Waals surface area contributed by atoms with Gasteiger partial charge in [-0.15, -0.1) is 0 Å². The van der Waals surface area contributed by atoms with Crippen LogP contribution in [0.4, 0.5) is 4.39 Å². The van der Waals surface area contributed by atoms with Crippen LogP contribution in [0.3, 0.4) is 0 Å². The van der Waals surface area contributed by atoms with Crippen LogP contribution in [0.25, 0.3) is 0 Å². The molecule has 152 valence electrons. The lowest BCUT2D eigenvalue weighted by Gasteiger charge is -2.23. The van der Waals surface area contributed by atoms with Gasteiger partial charge in [-0.1, -0.05) is 35.3 Å². The average molecular weight is 436 g/mol. The van der Waals surface area contributed by atoms with Crippen molar-refractivity contribution in [3.05, 3.63) is 87.7 Å². The average Bonchev–Trinajstić information content (AvgIpc) is 3.13. The molecule has 1 amide bonds. The van der Waals surface area contributed by atoms with E-state index in [0.717, 1.165) is 5.56 Å². The molecule has 0 N–H and O–H groups in total. The van der Waals surface area contributed by atoms with Gasteiger partial charge in [0.25, 0.3) is 5.91 Å². The molecule has 2 aromatic carbocycles. The summed E-state index contributed by atoms with van der Waals surface area (Å²) >= 11 is 12.2. The van der Waals surface area contributed by atoms with Gasteiger partial charge in [0, 0.05) is 41.7 Å². The summed E-state index contributed by atoms with van der Waals surface area (Å²) in [7, 11) is 1.56. The van der Waals surface area contributed by atoms with E-state index in [9.17, 15) is 9.18 Å². The molecule has 5 nitrogen and oxygen atoms in total. The van der Waals surface area contributed by atoms with Gasteiger partial charge in [0.2, 0.25) is 0 Å². The maximum Gasteiger partial charge on any atom is 0.254 e. The van der Waals surface area contributed by atoms with Crippen molar-refractivity contribution in [1.82, 2.24) is 14.5 Å². The number of carbonyl (C=O) groups is 1. The Balaban J connectivity index is 1.81. The van der Waals surface area contributed by atoms with Gasteiger partial charge in [0.15, 0.2) is 0 Å². The normalized spacial score (nSPS) is 10.9. The molecule has 0 radical (unpaired) electrons. The van der Waals surface area contributed by atoms with Gasteiger partial charge in [0.1, 0.15) is 11.6 Å². The molecular formula is C21H20Cl2FN3O2. The first kappa shape index (κ1) is 21.3. The second-order valence-corrected chi connectivity index (χ2v) is 7.28. The van der Waals surface area contributed by atoms with E-state index < -0.39 is 5.82 Å². The summed E-state index contributed by atoms with van der Waals surface area (Å²) in [6, 6.07) is 11.0. The first-order valence-corrected chi connectivity index (χ1v) is 9.71. The molecule has 0 saturated heterocycles. The maximum atomic E-state index is 13.6. The zero-order chi connectivity index (χ0) is 20.8. The standard InChI is InChI=1S/C21H20Cl2FN3O2/c1-29-10-9-27(21(28)15-3-2-4-18(24)11-15)14-20-25-7-8-26(20)13-16-5-6-17(22)12-19(16)23/h2-8,11-12H,9-10,13-14H2,1H3. The number of benzene rings is 2. The number of methoxy groups -OCH3 is 1. The zero-order valence-electron chi connectivity index (χ0n) is 15.8. The molecule has 0 atom stereocenters. The van der Waals surface area contributed by atoms with Gasteiger partial charge >= 0.3 is 0 Å². The van der Waals surface area contributed by atoms with Gasteiger partial charge in [-0.3, -0.25) is 4.79 Å². The number of halogens is 3. The fourth-order valence-corrected chi connectivity index (χ4v) is 3.37. The van der Waals surface area contributed by atoms with Crippen molar-refractivity contribution < 1.29 is 13.9 Å². The Labute approximate surface area is 178 Å². The second-order valence-electron chi connectivity index (χ2n) is 6.44. The number of carbonyl (C=O) groups excluding carboxylic acids is 1. The Hall–Kier alpha value is -2.41. The SMILES string of the molecule is COCCN(Cc1nccn1Cc1ccc(Cl)cc1Cl)C(=O)c1cccc(F)c1. The predicted octanol–water partition coefficient (Wildman–Crippen LogP) is 4.67. The van der Waals surface area contributed by atoms with Gasteiger partial charge in [-0.05, 0) is 35.9 Å². The third-order valence-electron chi connectivity index (χ3n) is 4.41. The number of hydrogen-bond donors (Lipinski definition) is 0. The minimum atomic E-state index is -0.457. The number of nitrogens with zero attached hydrogens (tertiary/aromatic N) is 3. The number of aromatic nitrogens is 2. The van der Waals surface area contributed by atoms with Gasteiger partial charge in [-0.25, -0.2) is 9.37 Å². The molecule has 8 heteroatoms. The van der Waals surface area contributed by atoms with Crippen LogP contribution in [-0.2, 0) is 17.8 Å². The Kier molecular flexibility index (Phi) is 7.25. The first-order chi connectivity index (χ1) is 14.0. The number of rotatable bonds is 8. The molecular weight excluding hydrogens is 416 g/mol. The fourth-order valence-electron chi connectivity index (χ4n) is 2.90. The minimum absolute atomic E-state index is 0.247. The Bertz CT molecular complexity index is 994. The highest BCUT2D eigenvalue weighted by molar-refractivity contribution is 6.35. The molecule has 1 aromatic heterocycles. The fraction of sp³-hybridized carbons (Fsp3) is 0.238. The van der Waals surface area contributed by atoms with Crippen molar-refractivity contribution in [3.63, 3.8) is 0 Å². The number of hydrogen-bond acceptors (Lipinski definition) is 3. The van der Waals surface area contributed by atoms with Crippen LogP contribution in [-0.4, -0.2) is 40.6 Å². The van der Waals surface area contributed by atoms with Crippen LogP contribution in [0.5, 0.6) is 0 Å². The molecule has 0 aliphatic rings. The Morgan fingerprint density at radius 3 is 2.79 bits per heavy atom. The van der Waals surface area contributed by atoms with Crippen LogP contribution in [0.15, 0.2) is 54.9 Å². The van der Waals surface area contributed by atoms with Crippen LogP contribution < -0.4 is 0 Å². The summed E-state index contributed by atoms with van der Waals surface area (Å²) in [4.78, 5) is 18.9. The molecule has 1 heterocycles. The summed E-state index contributed by atoms with van der Waals surface area (Å²) < 4.78 is 20.6. The first-order valence-electron chi connectivity index (χ1n) is 8.95. The van der Waals surface area contributed by atoms with Crippen molar-refractivity contribution >= 4 is 29.1 Å². The predicted molar refractivity (Wildman–Crippen MR) is 111 cm³/mol. The second kappa shape index (κ2) is 9.87. The van der Waals surface area contributed by atoms with E-state index in [1.807, 2.05) is 16.8 Å². The van der Waals surface area contributed by atoms with E-state index in [2.05, 4.69) is 4.98 Å². The van der Waals surface area contributed by atoms with Crippen molar-refractivity contribution in [1.29, 1.82) is 0 Å². The van der Waals surface area contributed by atoms with Crippen LogP contribution >= 0.6 is 23.2 Å². The number of amides is 1. The molecule has 3 aromatic rings. The molecule has 0 bridgehead atoms. The monoisotopic (exact) mass is 435 g/mol. The quantitative estimate of drug-likeness (QED) is 0.516. The highest BCUT2D eigenvalue weighted by Gasteiger charge is 2.19. The Morgan fingerprint density at radius 2 is 2.07 bits per heavy atom. The molecule has 0 spiro atoms. The van der Waals surface area contributed by atoms with Crippen LogP contribution in [0.1, 0.15) is 21.7 Å². The summed E-state index contributed by atoms with van der Waals surface area (Å²) in [6.07, 6.45) is 3.49. The van der Waals surface area contributed by atoms with Crippen molar-refractivity contribution in [3.8, 4) is 0 Å². The molecule has 0 aliphatic heterocycles. The van der Waals surface area contributed by atoms with E-state index in [1.54, 1.807) is 36.4 Å². The van der Waals surface area contributed by atoms with Crippen molar-refractivity contribution in [2.45, 2.75) is 13.1 Å². The molecule has 0 saturated carbocycles. The van der Waals surface area contributed by atoms with E-state index in [1.165, 1.54) is 18.2 Å². The summed E-state index contributed by atoms with van der Waals surface area (Å²) in [5.74, 6) is -0.0704. The molecule has 0 aliphatic carbocycles. The maximum absolute atomic E-state index is 13.6. The summed E-state index contributed by atoms with van der Waals surface area (Å²) in [5, 5.41) is 1.13. The number of ether oxygens (including phenoxy) is 1. The van der Waals surface area contributed by atoms with Crippen LogP contribution in [0.2, 0.25) is 10.0 Å². The summed E-state index contributed by atoms with van der Waals surface area (Å²) in [6.45, 7) is 1.43. The zero-order valence-corrected chi connectivity index (χ0v) is 17.3. The van der Waals surface area contributed by atoms with Crippen LogP contribution in [0, 0.1) is 5.82 Å². The Morgan fingerprint density at radius 1 is 1.24 bits per heavy atom. The minimum Gasteiger partial charge on any atom is -0.383 e. The molecule has 29 heavy (non-hydrogen) atoms. The third-order valence-corrected chi connectivity index (χ3v) is 5.00. The van der Waals surface area contributed by atoms with Gasteiger partial charge in [0.05, 0.1) is 19.7 Å². The van der Waals surface area contributed by atoms with E-state index in [-0.39, 0.29) is 18.0 Å². The smallest absolute Gasteiger partial charge is 0.254 e. The van der Waals surface area contributed by atoms with E-state index >= 15 is 0 Å². The van der Waals surface area contributed by atoms with Crippen molar-refractivity contribution in [2.75, 3.05) is 20.3 Å². The largest absolute Gasteiger partial charge is 0.383 e. The lowest BCUT2D eigenvalue weighted by atomic mass is 10.2. The van der Waals surface area contributed by atoms with Gasteiger partial charge in [-0.2, -0.15) is 0 Å². The van der Waals surface area contributed by atoms with Gasteiger partial charge < -0.3 is 14.2 Å². The molecule has 0 fully saturated rings. The molecule has 3 rings (SSSR count). The lowest BCUT2D eigenvalue weighted by molar-refractivity contribution is 0.0673. The third kappa shape index (κ3) is 5.56. The summed E-state index contributed by atoms with van der Waals surface area (Å²) in [5.41, 5.74) is 1.16. The van der Waals surface area contributed by atoms with E-state index in [4.69, 9.17) is 27.9 Å². The number of imidazole rings is 1.